The van der Waals surface area contributed by atoms with Crippen LogP contribution in [-0.2, 0) is 10.3 Å². The number of rotatable bonds is 6. The molecule has 2 aromatic carbocycles. The molecule has 0 aromatic heterocycles. The molecule has 0 heterocycles. The smallest absolute Gasteiger partial charge is 0.143 e. The summed E-state index contributed by atoms with van der Waals surface area (Å²) in [4.78, 5) is 5.06. The van der Waals surface area contributed by atoms with E-state index in [1.807, 2.05) is 18.2 Å². The maximum atomic E-state index is 12.1. The van der Waals surface area contributed by atoms with Crippen LogP contribution in [0.25, 0.3) is 0 Å². The second-order valence-corrected chi connectivity index (χ2v) is 6.05. The van der Waals surface area contributed by atoms with Gasteiger partial charge in [-0.15, -0.1) is 0 Å². The SMILES string of the molecule is CCON([O-])c1cc(C(C)(C)c2ccc(C)cc2)ccc1OC. The fraction of sp³-hybridized carbons (Fsp3) is 0.368. The molecule has 0 saturated carbocycles. The summed E-state index contributed by atoms with van der Waals surface area (Å²) >= 11 is 0. The highest BCUT2D eigenvalue weighted by molar-refractivity contribution is 5.61. The minimum absolute atomic E-state index is 0.234. The molecule has 124 valence electrons. The summed E-state index contributed by atoms with van der Waals surface area (Å²) in [6.07, 6.45) is 0. The Kier molecular flexibility index (Phi) is 5.29. The molecule has 0 unspecified atom stereocenters. The van der Waals surface area contributed by atoms with Crippen molar-refractivity contribution in [3.05, 3.63) is 64.4 Å². The van der Waals surface area contributed by atoms with Crippen LogP contribution in [0.4, 0.5) is 5.69 Å². The Bertz CT molecular complexity index is 650. The highest BCUT2D eigenvalue weighted by Crippen LogP contribution is 2.37. The average molecular weight is 314 g/mol. The van der Waals surface area contributed by atoms with E-state index in [1.54, 1.807) is 14.0 Å². The van der Waals surface area contributed by atoms with Crippen molar-refractivity contribution in [3.63, 3.8) is 0 Å². The summed E-state index contributed by atoms with van der Waals surface area (Å²) < 4.78 is 5.28. The Morgan fingerprint density at radius 1 is 1.04 bits per heavy atom. The number of hydrogen-bond donors (Lipinski definition) is 0. The van der Waals surface area contributed by atoms with Gasteiger partial charge in [-0.3, -0.25) is 4.84 Å². The van der Waals surface area contributed by atoms with Crippen molar-refractivity contribution in [2.24, 2.45) is 0 Å². The van der Waals surface area contributed by atoms with E-state index in [2.05, 4.69) is 45.0 Å². The monoisotopic (exact) mass is 314 g/mol. The van der Waals surface area contributed by atoms with Gasteiger partial charge in [-0.05, 0) is 37.1 Å². The van der Waals surface area contributed by atoms with Crippen molar-refractivity contribution in [1.82, 2.24) is 0 Å². The molecule has 0 aliphatic heterocycles. The number of aryl methyl sites for hydroxylation is 1. The highest BCUT2D eigenvalue weighted by Gasteiger charge is 2.24. The summed E-state index contributed by atoms with van der Waals surface area (Å²) in [6, 6.07) is 14.1. The number of benzene rings is 2. The maximum absolute atomic E-state index is 12.1. The number of nitrogens with zero attached hydrogens (tertiary/aromatic N) is 1. The lowest BCUT2D eigenvalue weighted by molar-refractivity contribution is 0.144. The molecule has 0 radical (unpaired) electrons. The highest BCUT2D eigenvalue weighted by atomic mass is 16.9. The zero-order chi connectivity index (χ0) is 17.0. The Labute approximate surface area is 138 Å². The van der Waals surface area contributed by atoms with Crippen molar-refractivity contribution in [2.45, 2.75) is 33.1 Å². The molecule has 0 amide bonds. The molecule has 4 nitrogen and oxygen atoms in total. The third kappa shape index (κ3) is 3.66. The maximum Gasteiger partial charge on any atom is 0.143 e. The fourth-order valence-corrected chi connectivity index (χ4v) is 2.55. The van der Waals surface area contributed by atoms with E-state index in [9.17, 15) is 5.21 Å². The van der Waals surface area contributed by atoms with Gasteiger partial charge in [0.25, 0.3) is 0 Å². The molecular weight excluding hydrogens is 290 g/mol. The van der Waals surface area contributed by atoms with E-state index < -0.39 is 0 Å². The molecule has 2 aromatic rings. The van der Waals surface area contributed by atoms with E-state index >= 15 is 0 Å². The summed E-state index contributed by atoms with van der Waals surface area (Å²) in [7, 11) is 1.55. The summed E-state index contributed by atoms with van der Waals surface area (Å²) in [5.74, 6) is 0.497. The Balaban J connectivity index is 2.45. The molecule has 2 rings (SSSR count). The van der Waals surface area contributed by atoms with Crippen molar-refractivity contribution >= 4 is 5.69 Å². The predicted molar refractivity (Wildman–Crippen MR) is 93.8 cm³/mol. The van der Waals surface area contributed by atoms with Crippen LogP contribution in [-0.4, -0.2) is 13.7 Å². The van der Waals surface area contributed by atoms with Gasteiger partial charge in [0, 0.05) is 5.41 Å². The summed E-state index contributed by atoms with van der Waals surface area (Å²) in [5, 5.41) is 12.6. The van der Waals surface area contributed by atoms with Crippen molar-refractivity contribution in [1.29, 1.82) is 0 Å². The lowest BCUT2D eigenvalue weighted by Gasteiger charge is -2.32. The zero-order valence-electron chi connectivity index (χ0n) is 14.4. The van der Waals surface area contributed by atoms with Crippen LogP contribution in [0, 0.1) is 12.1 Å². The third-order valence-corrected chi connectivity index (χ3v) is 4.12. The first-order valence-corrected chi connectivity index (χ1v) is 7.76. The second kappa shape index (κ2) is 7.02. The quantitative estimate of drug-likeness (QED) is 0.732. The molecule has 4 heteroatoms. The normalized spacial score (nSPS) is 11.4. The van der Waals surface area contributed by atoms with Crippen LogP contribution in [0.3, 0.4) is 0 Å². The van der Waals surface area contributed by atoms with E-state index in [0.29, 0.717) is 23.3 Å². The molecule has 0 aliphatic carbocycles. The van der Waals surface area contributed by atoms with Gasteiger partial charge in [-0.25, -0.2) is 0 Å². The van der Waals surface area contributed by atoms with Gasteiger partial charge >= 0.3 is 0 Å². The number of ether oxygens (including phenoxy) is 1. The number of hydrogen-bond acceptors (Lipinski definition) is 4. The van der Waals surface area contributed by atoms with Gasteiger partial charge in [-0.1, -0.05) is 49.7 Å². The second-order valence-electron chi connectivity index (χ2n) is 6.05. The van der Waals surface area contributed by atoms with Gasteiger partial charge in [-0.2, -0.15) is 0 Å². The molecule has 0 aliphatic rings. The molecular formula is C19H24NO3-. The van der Waals surface area contributed by atoms with Crippen LogP contribution in [0.15, 0.2) is 42.5 Å². The Hall–Kier alpha value is -2.04. The largest absolute Gasteiger partial charge is 0.733 e. The number of methoxy groups -OCH3 is 1. The summed E-state index contributed by atoms with van der Waals surface area (Å²) in [5.41, 5.74) is 3.58. The van der Waals surface area contributed by atoms with Crippen LogP contribution >= 0.6 is 0 Å². The van der Waals surface area contributed by atoms with Crippen molar-refractivity contribution in [2.75, 3.05) is 18.9 Å². The van der Waals surface area contributed by atoms with Crippen LogP contribution < -0.4 is 9.96 Å². The van der Waals surface area contributed by atoms with Crippen LogP contribution in [0.1, 0.15) is 37.5 Å². The van der Waals surface area contributed by atoms with Crippen LogP contribution in [0.2, 0.25) is 0 Å². The average Bonchev–Trinajstić information content (AvgIpc) is 2.54. The van der Waals surface area contributed by atoms with Gasteiger partial charge in [0.2, 0.25) is 0 Å². The minimum atomic E-state index is -0.234. The number of anilines is 1. The Morgan fingerprint density at radius 3 is 2.22 bits per heavy atom. The molecule has 0 fully saturated rings. The van der Waals surface area contributed by atoms with Gasteiger partial charge in [0.15, 0.2) is 0 Å². The minimum Gasteiger partial charge on any atom is -0.733 e. The zero-order valence-corrected chi connectivity index (χ0v) is 14.4. The van der Waals surface area contributed by atoms with E-state index in [1.165, 1.54) is 11.1 Å². The van der Waals surface area contributed by atoms with Crippen molar-refractivity contribution < 1.29 is 9.57 Å². The Morgan fingerprint density at radius 2 is 1.65 bits per heavy atom. The molecule has 0 bridgehead atoms. The molecule has 0 saturated heterocycles. The first kappa shape index (κ1) is 17.3. The first-order chi connectivity index (χ1) is 10.9. The fourth-order valence-electron chi connectivity index (χ4n) is 2.55. The van der Waals surface area contributed by atoms with E-state index in [0.717, 1.165) is 5.56 Å². The third-order valence-electron chi connectivity index (χ3n) is 4.12. The van der Waals surface area contributed by atoms with Crippen LogP contribution in [0.5, 0.6) is 5.75 Å². The predicted octanol–water partition coefficient (Wildman–Crippen LogP) is 4.59. The molecule has 0 atom stereocenters. The van der Waals surface area contributed by atoms with Gasteiger partial charge < -0.3 is 15.2 Å². The van der Waals surface area contributed by atoms with Gasteiger partial charge in [0.05, 0.1) is 19.4 Å². The first-order valence-electron chi connectivity index (χ1n) is 7.76. The molecule has 0 N–H and O–H groups in total. The van der Waals surface area contributed by atoms with E-state index in [4.69, 9.17) is 9.57 Å². The molecule has 23 heavy (non-hydrogen) atoms. The van der Waals surface area contributed by atoms with Crippen molar-refractivity contribution in [3.8, 4) is 5.75 Å². The lowest BCUT2D eigenvalue weighted by Crippen LogP contribution is -2.21. The van der Waals surface area contributed by atoms with E-state index in [-0.39, 0.29) is 5.41 Å². The van der Waals surface area contributed by atoms with Gasteiger partial charge in [0.1, 0.15) is 5.75 Å². The lowest BCUT2D eigenvalue weighted by atomic mass is 9.78. The topological polar surface area (TPSA) is 44.8 Å². The standard InChI is InChI=1S/C19H24NO3/c1-6-23-20(21)17-13-16(11-12-18(17)22-5)19(3,4)15-9-7-14(2)8-10-15/h7-13H,6H2,1-5H3/q-1. The summed E-state index contributed by atoms with van der Waals surface area (Å²) in [6.45, 7) is 8.42. The molecule has 0 spiro atoms.